The van der Waals surface area contributed by atoms with Gasteiger partial charge in [-0.25, -0.2) is 0 Å². The summed E-state index contributed by atoms with van der Waals surface area (Å²) in [6.45, 7) is 1.70. The lowest BCUT2D eigenvalue weighted by molar-refractivity contribution is -0.385. The molecule has 0 radical (unpaired) electrons. The fourth-order valence-electron chi connectivity index (χ4n) is 3.09. The number of nitrogens with zero attached hydrogens (tertiary/aromatic N) is 1. The predicted molar refractivity (Wildman–Crippen MR) is 93.2 cm³/mol. The third kappa shape index (κ3) is 3.53. The molecule has 0 bridgehead atoms. The van der Waals surface area contributed by atoms with E-state index in [0.717, 1.165) is 18.4 Å². The van der Waals surface area contributed by atoms with Crippen molar-refractivity contribution >= 4 is 11.6 Å². The number of hydrogen-bond donors (Lipinski definition) is 2. The second kappa shape index (κ2) is 6.64. The van der Waals surface area contributed by atoms with Crippen LogP contribution in [0.15, 0.2) is 48.5 Å². The maximum atomic E-state index is 12.4. The standard InChI is InChI=1S/C19H20N2O4/c1-13-11-14(7-10-17(13)21(24)25)18(22)20-12-19(23,16-8-9-16)15-5-3-2-4-6-15/h2-7,10-11,16,23H,8-9,12H2,1H3,(H,20,22). The van der Waals surface area contributed by atoms with Gasteiger partial charge in [0.2, 0.25) is 0 Å². The van der Waals surface area contributed by atoms with Crippen molar-refractivity contribution in [1.29, 1.82) is 0 Å². The summed E-state index contributed by atoms with van der Waals surface area (Å²) >= 11 is 0. The first-order valence-electron chi connectivity index (χ1n) is 8.23. The SMILES string of the molecule is Cc1cc(C(=O)NCC(O)(c2ccccc2)C2CC2)ccc1[N+](=O)[O-]. The molecule has 0 aliphatic heterocycles. The Labute approximate surface area is 145 Å². The maximum absolute atomic E-state index is 12.4. The monoisotopic (exact) mass is 340 g/mol. The van der Waals surface area contributed by atoms with Crippen molar-refractivity contribution in [3.8, 4) is 0 Å². The molecule has 1 amide bonds. The molecule has 2 N–H and O–H groups in total. The highest BCUT2D eigenvalue weighted by Crippen LogP contribution is 2.45. The van der Waals surface area contributed by atoms with E-state index in [0.29, 0.717) is 11.1 Å². The van der Waals surface area contributed by atoms with E-state index >= 15 is 0 Å². The molecular weight excluding hydrogens is 320 g/mol. The van der Waals surface area contributed by atoms with Crippen molar-refractivity contribution in [2.45, 2.75) is 25.4 Å². The minimum atomic E-state index is -1.09. The molecule has 1 saturated carbocycles. The minimum absolute atomic E-state index is 0.0182. The van der Waals surface area contributed by atoms with Gasteiger partial charge in [0.15, 0.2) is 0 Å². The van der Waals surface area contributed by atoms with Crippen LogP contribution in [0.2, 0.25) is 0 Å². The van der Waals surface area contributed by atoms with Gasteiger partial charge in [0.25, 0.3) is 11.6 Å². The van der Waals surface area contributed by atoms with Crippen LogP contribution in [0.4, 0.5) is 5.69 Å². The van der Waals surface area contributed by atoms with E-state index in [1.165, 1.54) is 18.2 Å². The zero-order valence-corrected chi connectivity index (χ0v) is 13.9. The lowest BCUT2D eigenvalue weighted by Gasteiger charge is -2.29. The number of nitro groups is 1. The summed E-state index contributed by atoms with van der Waals surface area (Å²) in [6, 6.07) is 13.6. The van der Waals surface area contributed by atoms with Gasteiger partial charge in [0.05, 0.1) is 11.5 Å². The Morgan fingerprint density at radius 3 is 2.52 bits per heavy atom. The number of carbonyl (C=O) groups is 1. The summed E-state index contributed by atoms with van der Waals surface area (Å²) in [5.41, 5.74) is 0.452. The first kappa shape index (κ1) is 17.1. The van der Waals surface area contributed by atoms with Gasteiger partial charge in [-0.1, -0.05) is 30.3 Å². The van der Waals surface area contributed by atoms with Gasteiger partial charge in [-0.3, -0.25) is 14.9 Å². The van der Waals surface area contributed by atoms with Crippen LogP contribution in [-0.4, -0.2) is 22.5 Å². The summed E-state index contributed by atoms with van der Waals surface area (Å²) in [6.07, 6.45) is 1.86. The average molecular weight is 340 g/mol. The molecule has 0 spiro atoms. The van der Waals surface area contributed by atoms with Gasteiger partial charge in [-0.2, -0.15) is 0 Å². The highest BCUT2D eigenvalue weighted by Gasteiger charge is 2.45. The van der Waals surface area contributed by atoms with Crippen molar-refractivity contribution in [3.63, 3.8) is 0 Å². The normalized spacial score (nSPS) is 16.1. The summed E-state index contributed by atoms with van der Waals surface area (Å²) in [4.78, 5) is 22.8. The minimum Gasteiger partial charge on any atom is -0.383 e. The van der Waals surface area contributed by atoms with Crippen molar-refractivity contribution in [2.24, 2.45) is 5.92 Å². The number of carbonyl (C=O) groups excluding carboxylic acids is 1. The zero-order chi connectivity index (χ0) is 18.0. The quantitative estimate of drug-likeness (QED) is 0.624. The smallest absolute Gasteiger partial charge is 0.272 e. The molecule has 0 heterocycles. The Morgan fingerprint density at radius 2 is 1.96 bits per heavy atom. The first-order valence-corrected chi connectivity index (χ1v) is 8.23. The third-order valence-electron chi connectivity index (χ3n) is 4.70. The molecule has 1 fully saturated rings. The maximum Gasteiger partial charge on any atom is 0.272 e. The molecule has 1 aliphatic rings. The second-order valence-electron chi connectivity index (χ2n) is 6.51. The molecule has 6 heteroatoms. The molecule has 1 atom stereocenters. The third-order valence-corrected chi connectivity index (χ3v) is 4.70. The Kier molecular flexibility index (Phi) is 4.55. The Morgan fingerprint density at radius 1 is 1.28 bits per heavy atom. The van der Waals surface area contributed by atoms with Gasteiger partial charge in [0, 0.05) is 17.2 Å². The van der Waals surface area contributed by atoms with E-state index in [1.807, 2.05) is 30.3 Å². The highest BCUT2D eigenvalue weighted by molar-refractivity contribution is 5.94. The predicted octanol–water partition coefficient (Wildman–Crippen LogP) is 2.93. The number of nitrogens with one attached hydrogen (secondary N) is 1. The molecule has 2 aromatic rings. The van der Waals surface area contributed by atoms with Crippen molar-refractivity contribution < 1.29 is 14.8 Å². The summed E-state index contributed by atoms with van der Waals surface area (Å²) in [5, 5.41) is 24.7. The number of nitro benzene ring substituents is 1. The lowest BCUT2D eigenvalue weighted by atomic mass is 9.88. The van der Waals surface area contributed by atoms with E-state index in [9.17, 15) is 20.0 Å². The number of amides is 1. The number of aryl methyl sites for hydroxylation is 1. The molecule has 2 aromatic carbocycles. The van der Waals surface area contributed by atoms with Gasteiger partial charge in [-0.05, 0) is 43.4 Å². The zero-order valence-electron chi connectivity index (χ0n) is 13.9. The van der Waals surface area contributed by atoms with Gasteiger partial charge < -0.3 is 10.4 Å². The molecule has 1 unspecified atom stereocenters. The number of aliphatic hydroxyl groups is 1. The van der Waals surface area contributed by atoms with Gasteiger partial charge >= 0.3 is 0 Å². The molecule has 3 rings (SSSR count). The second-order valence-corrected chi connectivity index (χ2v) is 6.51. The van der Waals surface area contributed by atoms with Crippen LogP contribution >= 0.6 is 0 Å². The first-order chi connectivity index (χ1) is 11.9. The van der Waals surface area contributed by atoms with Crippen molar-refractivity contribution in [2.75, 3.05) is 6.54 Å². The fourth-order valence-corrected chi connectivity index (χ4v) is 3.09. The Balaban J connectivity index is 1.74. The van der Waals surface area contributed by atoms with E-state index in [1.54, 1.807) is 6.92 Å². The lowest BCUT2D eigenvalue weighted by Crippen LogP contribution is -2.42. The summed E-state index contributed by atoms with van der Waals surface area (Å²) in [5.74, 6) is -0.221. The number of benzene rings is 2. The van der Waals surface area contributed by atoms with Crippen LogP contribution in [0.1, 0.15) is 34.3 Å². The van der Waals surface area contributed by atoms with Gasteiger partial charge in [0.1, 0.15) is 5.60 Å². The van der Waals surface area contributed by atoms with Crippen LogP contribution in [0, 0.1) is 23.0 Å². The largest absolute Gasteiger partial charge is 0.383 e. The van der Waals surface area contributed by atoms with Gasteiger partial charge in [-0.15, -0.1) is 0 Å². The molecular formula is C19H20N2O4. The Hall–Kier alpha value is -2.73. The van der Waals surface area contributed by atoms with Crippen molar-refractivity contribution in [1.82, 2.24) is 5.32 Å². The summed E-state index contributed by atoms with van der Waals surface area (Å²) < 4.78 is 0. The van der Waals surface area contributed by atoms with Crippen LogP contribution in [0.5, 0.6) is 0 Å². The van der Waals surface area contributed by atoms with Crippen LogP contribution in [0.25, 0.3) is 0 Å². The van der Waals surface area contributed by atoms with Crippen LogP contribution < -0.4 is 5.32 Å². The molecule has 1 aliphatic carbocycles. The Bertz CT molecular complexity index is 802. The molecule has 0 saturated heterocycles. The molecule has 0 aromatic heterocycles. The fraction of sp³-hybridized carbons (Fsp3) is 0.316. The molecule has 130 valence electrons. The highest BCUT2D eigenvalue weighted by atomic mass is 16.6. The number of hydrogen-bond acceptors (Lipinski definition) is 4. The number of rotatable bonds is 6. The topological polar surface area (TPSA) is 92.5 Å². The van der Waals surface area contributed by atoms with Crippen LogP contribution in [-0.2, 0) is 5.60 Å². The van der Waals surface area contributed by atoms with E-state index in [-0.39, 0.29) is 24.1 Å². The summed E-state index contributed by atoms with van der Waals surface area (Å²) in [7, 11) is 0. The van der Waals surface area contributed by atoms with Crippen molar-refractivity contribution in [3.05, 3.63) is 75.3 Å². The van der Waals surface area contributed by atoms with E-state index in [4.69, 9.17) is 0 Å². The van der Waals surface area contributed by atoms with E-state index in [2.05, 4.69) is 5.32 Å². The molecule has 25 heavy (non-hydrogen) atoms. The molecule has 6 nitrogen and oxygen atoms in total. The average Bonchev–Trinajstić information content (AvgIpc) is 3.45. The van der Waals surface area contributed by atoms with Crippen LogP contribution in [0.3, 0.4) is 0 Å². The van der Waals surface area contributed by atoms with E-state index < -0.39 is 10.5 Å².